The molecular weight excluding hydrogens is 246 g/mol. The van der Waals surface area contributed by atoms with Crippen LogP contribution in [0.15, 0.2) is 24.4 Å². The zero-order valence-corrected chi connectivity index (χ0v) is 13.2. The Bertz CT molecular complexity index is 561. The van der Waals surface area contributed by atoms with Gasteiger partial charge in [-0.15, -0.1) is 0 Å². The maximum absolute atomic E-state index is 4.32. The minimum absolute atomic E-state index is 0.211. The number of hydrogen-bond acceptors (Lipinski definition) is 2. The van der Waals surface area contributed by atoms with Gasteiger partial charge in [-0.1, -0.05) is 24.6 Å². The topological polar surface area (TPSA) is 29.9 Å². The van der Waals surface area contributed by atoms with Gasteiger partial charge in [0.25, 0.3) is 0 Å². The normalized spacial score (nSPS) is 12.7. The van der Waals surface area contributed by atoms with E-state index >= 15 is 0 Å². The molecule has 0 aliphatic heterocycles. The van der Waals surface area contributed by atoms with Gasteiger partial charge in [0, 0.05) is 13.2 Å². The summed E-state index contributed by atoms with van der Waals surface area (Å²) in [5.74, 6) is 0. The van der Waals surface area contributed by atoms with Gasteiger partial charge >= 0.3 is 0 Å². The van der Waals surface area contributed by atoms with Gasteiger partial charge in [-0.05, 0) is 56.5 Å². The highest BCUT2D eigenvalue weighted by Gasteiger charge is 2.20. The van der Waals surface area contributed by atoms with Gasteiger partial charge < -0.3 is 5.32 Å². The molecule has 0 amide bonds. The third-order valence-corrected chi connectivity index (χ3v) is 3.78. The van der Waals surface area contributed by atoms with E-state index in [2.05, 4.69) is 56.3 Å². The second-order valence-corrected chi connectivity index (χ2v) is 5.58. The Morgan fingerprint density at radius 1 is 1.20 bits per heavy atom. The molecule has 108 valence electrons. The number of hydrogen-bond donors (Lipinski definition) is 1. The van der Waals surface area contributed by atoms with E-state index in [1.54, 1.807) is 0 Å². The van der Waals surface area contributed by atoms with Gasteiger partial charge in [-0.3, -0.25) is 4.68 Å². The molecule has 0 radical (unpaired) electrons. The van der Waals surface area contributed by atoms with Crippen LogP contribution in [-0.4, -0.2) is 16.3 Å². The Hall–Kier alpha value is -1.61. The van der Waals surface area contributed by atoms with E-state index < -0.39 is 0 Å². The van der Waals surface area contributed by atoms with Crippen molar-refractivity contribution in [3.8, 4) is 0 Å². The molecule has 0 aliphatic rings. The molecule has 1 atom stereocenters. The first kappa shape index (κ1) is 14.8. The van der Waals surface area contributed by atoms with Crippen LogP contribution in [-0.2, 0) is 7.05 Å². The summed E-state index contributed by atoms with van der Waals surface area (Å²) in [4.78, 5) is 0. The second kappa shape index (κ2) is 6.23. The molecule has 1 unspecified atom stereocenters. The number of rotatable bonds is 5. The largest absolute Gasteiger partial charge is 0.305 e. The van der Waals surface area contributed by atoms with Crippen LogP contribution >= 0.6 is 0 Å². The van der Waals surface area contributed by atoms with Gasteiger partial charge in [0.2, 0.25) is 0 Å². The van der Waals surface area contributed by atoms with Crippen LogP contribution < -0.4 is 5.32 Å². The highest BCUT2D eigenvalue weighted by atomic mass is 15.3. The van der Waals surface area contributed by atoms with Gasteiger partial charge in [0.05, 0.1) is 11.7 Å². The summed E-state index contributed by atoms with van der Waals surface area (Å²) in [6.45, 7) is 9.76. The third kappa shape index (κ3) is 2.93. The van der Waals surface area contributed by atoms with E-state index in [4.69, 9.17) is 0 Å². The second-order valence-electron chi connectivity index (χ2n) is 5.58. The van der Waals surface area contributed by atoms with Crippen molar-refractivity contribution in [3.63, 3.8) is 0 Å². The zero-order valence-electron chi connectivity index (χ0n) is 13.2. The summed E-state index contributed by atoms with van der Waals surface area (Å²) in [7, 11) is 2.01. The Labute approximate surface area is 122 Å². The molecule has 0 bridgehead atoms. The minimum Gasteiger partial charge on any atom is -0.305 e. The van der Waals surface area contributed by atoms with E-state index in [1.165, 1.54) is 27.9 Å². The Kier molecular flexibility index (Phi) is 4.61. The van der Waals surface area contributed by atoms with Crippen molar-refractivity contribution in [1.82, 2.24) is 15.1 Å². The molecule has 1 aromatic heterocycles. The number of aryl methyl sites for hydroxylation is 4. The number of benzene rings is 1. The van der Waals surface area contributed by atoms with Crippen LogP contribution in [0.1, 0.15) is 47.3 Å². The molecule has 0 fully saturated rings. The predicted molar refractivity (Wildman–Crippen MR) is 84.0 cm³/mol. The fraction of sp³-hybridized carbons (Fsp3) is 0.471. The first-order valence-electron chi connectivity index (χ1n) is 7.33. The highest BCUT2D eigenvalue weighted by Crippen LogP contribution is 2.28. The number of nitrogens with zero attached hydrogens (tertiary/aromatic N) is 2. The van der Waals surface area contributed by atoms with E-state index in [9.17, 15) is 0 Å². The molecule has 2 aromatic rings. The summed E-state index contributed by atoms with van der Waals surface area (Å²) in [5, 5.41) is 7.99. The summed E-state index contributed by atoms with van der Waals surface area (Å²) < 4.78 is 1.96. The van der Waals surface area contributed by atoms with Crippen molar-refractivity contribution in [1.29, 1.82) is 0 Å². The van der Waals surface area contributed by atoms with Crippen LogP contribution in [0, 0.1) is 20.8 Å². The van der Waals surface area contributed by atoms with Crippen molar-refractivity contribution < 1.29 is 0 Å². The third-order valence-electron chi connectivity index (χ3n) is 3.78. The van der Waals surface area contributed by atoms with Crippen molar-refractivity contribution in [3.05, 3.63) is 52.3 Å². The monoisotopic (exact) mass is 271 g/mol. The predicted octanol–water partition coefficient (Wildman–Crippen LogP) is 3.43. The molecule has 1 N–H and O–H groups in total. The maximum atomic E-state index is 4.32. The molecule has 3 nitrogen and oxygen atoms in total. The van der Waals surface area contributed by atoms with Crippen LogP contribution in [0.2, 0.25) is 0 Å². The lowest BCUT2D eigenvalue weighted by Gasteiger charge is -2.23. The average molecular weight is 271 g/mol. The van der Waals surface area contributed by atoms with E-state index in [0.717, 1.165) is 13.0 Å². The van der Waals surface area contributed by atoms with Crippen LogP contribution in [0.5, 0.6) is 0 Å². The van der Waals surface area contributed by atoms with E-state index in [-0.39, 0.29) is 6.04 Å². The molecule has 1 aromatic carbocycles. The van der Waals surface area contributed by atoms with E-state index in [0.29, 0.717) is 0 Å². The zero-order chi connectivity index (χ0) is 14.7. The highest BCUT2D eigenvalue weighted by molar-refractivity contribution is 5.42. The summed E-state index contributed by atoms with van der Waals surface area (Å²) in [6.07, 6.45) is 2.99. The smallest absolute Gasteiger partial charge is 0.0753 e. The first-order valence-corrected chi connectivity index (χ1v) is 7.33. The Balaban J connectivity index is 2.50. The van der Waals surface area contributed by atoms with Crippen molar-refractivity contribution in [2.24, 2.45) is 7.05 Å². The fourth-order valence-corrected chi connectivity index (χ4v) is 2.96. The van der Waals surface area contributed by atoms with Crippen LogP contribution in [0.25, 0.3) is 0 Å². The summed E-state index contributed by atoms with van der Waals surface area (Å²) >= 11 is 0. The maximum Gasteiger partial charge on any atom is 0.0753 e. The van der Waals surface area contributed by atoms with Gasteiger partial charge in [-0.2, -0.15) is 5.10 Å². The number of nitrogens with one attached hydrogen (secondary N) is 1. The average Bonchev–Trinajstić information content (AvgIpc) is 2.78. The summed E-state index contributed by atoms with van der Waals surface area (Å²) in [6, 6.07) is 6.84. The quantitative estimate of drug-likeness (QED) is 0.903. The van der Waals surface area contributed by atoms with Crippen molar-refractivity contribution >= 4 is 0 Å². The van der Waals surface area contributed by atoms with E-state index in [1.807, 2.05) is 17.9 Å². The van der Waals surface area contributed by atoms with Crippen molar-refractivity contribution in [2.45, 2.75) is 40.2 Å². The molecule has 20 heavy (non-hydrogen) atoms. The van der Waals surface area contributed by atoms with Crippen molar-refractivity contribution in [2.75, 3.05) is 6.54 Å². The van der Waals surface area contributed by atoms with Gasteiger partial charge in [-0.25, -0.2) is 0 Å². The lowest BCUT2D eigenvalue weighted by Crippen LogP contribution is -2.26. The Morgan fingerprint density at radius 2 is 1.85 bits per heavy atom. The summed E-state index contributed by atoms with van der Waals surface area (Å²) in [5.41, 5.74) is 6.61. The SMILES string of the molecule is CCCNC(c1c(C)cc(C)cc1C)c1ccnn1C. The molecular formula is C17H25N3. The van der Waals surface area contributed by atoms with Crippen LogP contribution in [0.3, 0.4) is 0 Å². The molecule has 3 heteroatoms. The standard InChI is InChI=1S/C17H25N3/c1-6-8-18-17(15-7-9-19-20(15)5)16-13(3)10-12(2)11-14(16)4/h7,9-11,17-18H,6,8H2,1-5H3. The molecule has 0 spiro atoms. The molecule has 2 rings (SSSR count). The lowest BCUT2D eigenvalue weighted by atomic mass is 9.92. The molecule has 0 saturated carbocycles. The molecule has 0 aliphatic carbocycles. The fourth-order valence-electron chi connectivity index (χ4n) is 2.96. The minimum atomic E-state index is 0.211. The number of aromatic nitrogens is 2. The van der Waals surface area contributed by atoms with Crippen LogP contribution in [0.4, 0.5) is 0 Å². The molecule has 0 saturated heterocycles. The lowest BCUT2D eigenvalue weighted by molar-refractivity contribution is 0.550. The van der Waals surface area contributed by atoms with Gasteiger partial charge in [0.1, 0.15) is 0 Å². The first-order chi connectivity index (χ1) is 9.54. The van der Waals surface area contributed by atoms with Gasteiger partial charge in [0.15, 0.2) is 0 Å². The Morgan fingerprint density at radius 3 is 2.35 bits per heavy atom. The molecule has 1 heterocycles.